The highest BCUT2D eigenvalue weighted by atomic mass is 35.5. The molecule has 0 rings (SSSR count). The third kappa shape index (κ3) is 6.49. The van der Waals surface area contributed by atoms with Gasteiger partial charge in [0, 0.05) is 25.9 Å². The molecule has 0 heterocycles. The summed E-state index contributed by atoms with van der Waals surface area (Å²) in [5, 5.41) is 11.1. The van der Waals surface area contributed by atoms with Crippen molar-refractivity contribution in [1.29, 1.82) is 0 Å². The molecule has 0 aromatic heterocycles. The fourth-order valence-electron chi connectivity index (χ4n) is 0.471. The first-order valence-electron chi connectivity index (χ1n) is 3.66. The van der Waals surface area contributed by atoms with Crippen LogP contribution >= 0.6 is 23.2 Å². The lowest BCUT2D eigenvalue weighted by Crippen LogP contribution is -2.17. The number of hydrogen-bond acceptors (Lipinski definition) is 2. The molecule has 0 atom stereocenters. The van der Waals surface area contributed by atoms with Gasteiger partial charge in [0.1, 0.15) is 0 Å². The van der Waals surface area contributed by atoms with Gasteiger partial charge in [-0.25, -0.2) is 0 Å². The second-order valence-corrected chi connectivity index (χ2v) is 3.08. The van der Waals surface area contributed by atoms with Crippen molar-refractivity contribution in [2.45, 2.75) is 0 Å². The minimum Gasteiger partial charge on any atom is -0.279 e. The first-order chi connectivity index (χ1) is 5.70. The summed E-state index contributed by atoms with van der Waals surface area (Å²) in [7, 11) is 3.64. The van der Waals surface area contributed by atoms with Gasteiger partial charge in [-0.3, -0.25) is 10.0 Å². The zero-order valence-electron chi connectivity index (χ0n) is 7.37. The van der Waals surface area contributed by atoms with E-state index < -0.39 is 0 Å². The summed E-state index contributed by atoms with van der Waals surface area (Å²) in [5.74, 6) is 1.10. The zero-order valence-corrected chi connectivity index (χ0v) is 8.89. The lowest BCUT2D eigenvalue weighted by Gasteiger charge is -2.12. The molecule has 0 aliphatic rings. The smallest absolute Gasteiger partial charge is 0.0510 e. The van der Waals surface area contributed by atoms with Crippen molar-refractivity contribution in [2.75, 3.05) is 38.9 Å². The molecule has 0 bridgehead atoms. The first-order valence-corrected chi connectivity index (χ1v) is 4.73. The average Bonchev–Trinajstić information content (AvgIpc) is 2.02. The third-order valence-corrected chi connectivity index (χ3v) is 1.50. The normalized spacial score (nSPS) is 10.7. The van der Waals surface area contributed by atoms with E-state index in [1.807, 2.05) is 14.1 Å². The van der Waals surface area contributed by atoms with Crippen LogP contribution in [0.25, 0.3) is 0 Å². The van der Waals surface area contributed by atoms with E-state index in [4.69, 9.17) is 23.2 Å². The van der Waals surface area contributed by atoms with Gasteiger partial charge in [0.25, 0.3) is 0 Å². The van der Waals surface area contributed by atoms with Crippen LogP contribution in [0, 0.1) is 0 Å². The topological polar surface area (TPSA) is 31.2 Å². The van der Waals surface area contributed by atoms with Crippen molar-refractivity contribution in [1.82, 2.24) is 10.0 Å². The minimum absolute atomic E-state index is 0.550. The molecule has 72 valence electrons. The molecule has 0 aliphatic heterocycles. The predicted molar refractivity (Wildman–Crippen MR) is 51.6 cm³/mol. The van der Waals surface area contributed by atoms with Gasteiger partial charge in [-0.2, -0.15) is 0 Å². The number of alkyl halides is 2. The number of rotatable bonds is 6. The molecule has 0 aliphatic carbocycles. The Morgan fingerprint density at radius 1 is 0.917 bits per heavy atom. The third-order valence-electron chi connectivity index (χ3n) is 1.16. The van der Waals surface area contributed by atoms with Crippen molar-refractivity contribution in [3.05, 3.63) is 0 Å². The standard InChI is InChI=1S/C6H14Cl2N4/c1-11(5-3-7)9-10-12(2)6-4-8/h3-6H2,1-2H3/b10-9+. The highest BCUT2D eigenvalue weighted by Crippen LogP contribution is 1.91. The Hall–Kier alpha value is -0.220. The monoisotopic (exact) mass is 212 g/mol. The predicted octanol–water partition coefficient (Wildman–Crippen LogP) is 1.61. The van der Waals surface area contributed by atoms with Crippen LogP contribution in [0.3, 0.4) is 0 Å². The van der Waals surface area contributed by atoms with Crippen molar-refractivity contribution >= 4 is 23.2 Å². The van der Waals surface area contributed by atoms with Crippen LogP contribution in [0.2, 0.25) is 0 Å². The molecule has 0 fully saturated rings. The molecule has 12 heavy (non-hydrogen) atoms. The Bertz CT molecular complexity index is 117. The fraction of sp³-hybridized carbons (Fsp3) is 1.00. The van der Waals surface area contributed by atoms with Gasteiger partial charge >= 0.3 is 0 Å². The summed E-state index contributed by atoms with van der Waals surface area (Å²) in [6.07, 6.45) is 0. The van der Waals surface area contributed by atoms with E-state index in [-0.39, 0.29) is 0 Å². The van der Waals surface area contributed by atoms with E-state index in [1.54, 1.807) is 10.0 Å². The highest BCUT2D eigenvalue weighted by molar-refractivity contribution is 6.18. The van der Waals surface area contributed by atoms with Crippen LogP contribution in [0.1, 0.15) is 0 Å². The Kier molecular flexibility index (Phi) is 7.29. The molecular weight excluding hydrogens is 199 g/mol. The molecule has 0 N–H and O–H groups in total. The van der Waals surface area contributed by atoms with Crippen LogP contribution < -0.4 is 0 Å². The molecule has 0 aromatic carbocycles. The van der Waals surface area contributed by atoms with E-state index in [9.17, 15) is 0 Å². The lowest BCUT2D eigenvalue weighted by molar-refractivity contribution is 0.265. The number of halogens is 2. The van der Waals surface area contributed by atoms with Crippen molar-refractivity contribution in [3.63, 3.8) is 0 Å². The quantitative estimate of drug-likeness (QED) is 0.381. The van der Waals surface area contributed by atoms with Crippen molar-refractivity contribution in [3.8, 4) is 0 Å². The molecule has 0 spiro atoms. The van der Waals surface area contributed by atoms with E-state index >= 15 is 0 Å². The Labute approximate surface area is 83.1 Å². The van der Waals surface area contributed by atoms with Gasteiger partial charge in [-0.15, -0.1) is 23.2 Å². The molecule has 0 radical (unpaired) electrons. The molecule has 0 unspecified atom stereocenters. The van der Waals surface area contributed by atoms with Crippen LogP contribution in [0.15, 0.2) is 10.4 Å². The first kappa shape index (κ1) is 11.8. The Morgan fingerprint density at radius 3 is 1.50 bits per heavy atom. The van der Waals surface area contributed by atoms with Gasteiger partial charge in [-0.1, -0.05) is 10.4 Å². The van der Waals surface area contributed by atoms with Gasteiger partial charge in [0.2, 0.25) is 0 Å². The Morgan fingerprint density at radius 2 is 1.25 bits per heavy atom. The maximum absolute atomic E-state index is 5.49. The van der Waals surface area contributed by atoms with Crippen molar-refractivity contribution < 1.29 is 0 Å². The molecule has 0 saturated carbocycles. The number of nitrogens with zero attached hydrogens (tertiary/aromatic N) is 4. The van der Waals surface area contributed by atoms with E-state index in [1.165, 1.54) is 0 Å². The van der Waals surface area contributed by atoms with Gasteiger partial charge in [0.05, 0.1) is 13.1 Å². The summed E-state index contributed by atoms with van der Waals surface area (Å²) in [5.41, 5.74) is 0. The second-order valence-electron chi connectivity index (χ2n) is 2.32. The molecular formula is C6H14Cl2N4. The van der Waals surface area contributed by atoms with Gasteiger partial charge in [0.15, 0.2) is 0 Å². The summed E-state index contributed by atoms with van der Waals surface area (Å²) in [6.45, 7) is 1.39. The largest absolute Gasteiger partial charge is 0.279 e. The SMILES string of the molecule is CN(CCCl)/N=N/N(C)CCCl. The van der Waals surface area contributed by atoms with E-state index in [0.29, 0.717) is 24.8 Å². The average molecular weight is 213 g/mol. The maximum Gasteiger partial charge on any atom is 0.0510 e. The van der Waals surface area contributed by atoms with Crippen LogP contribution in [-0.4, -0.2) is 49.0 Å². The number of hydrogen-bond donors (Lipinski definition) is 0. The van der Waals surface area contributed by atoms with Crippen LogP contribution in [0.5, 0.6) is 0 Å². The molecule has 0 saturated heterocycles. The van der Waals surface area contributed by atoms with E-state index in [2.05, 4.69) is 10.4 Å². The van der Waals surface area contributed by atoms with E-state index in [0.717, 1.165) is 0 Å². The van der Waals surface area contributed by atoms with Crippen molar-refractivity contribution in [2.24, 2.45) is 10.4 Å². The Balaban J connectivity index is 3.57. The molecule has 4 nitrogen and oxygen atoms in total. The fourth-order valence-corrected chi connectivity index (χ4v) is 0.960. The maximum atomic E-state index is 5.49. The zero-order chi connectivity index (χ0) is 9.40. The molecule has 6 heteroatoms. The molecule has 0 amide bonds. The summed E-state index contributed by atoms with van der Waals surface area (Å²) < 4.78 is 0. The summed E-state index contributed by atoms with van der Waals surface area (Å²) in [4.78, 5) is 0. The molecule has 0 aromatic rings. The minimum atomic E-state index is 0.550. The lowest BCUT2D eigenvalue weighted by atomic mass is 10.7. The summed E-state index contributed by atoms with van der Waals surface area (Å²) >= 11 is 11.0. The summed E-state index contributed by atoms with van der Waals surface area (Å²) in [6, 6.07) is 0. The van der Waals surface area contributed by atoms with Crippen LogP contribution in [0.4, 0.5) is 0 Å². The van der Waals surface area contributed by atoms with Gasteiger partial charge < -0.3 is 0 Å². The van der Waals surface area contributed by atoms with Gasteiger partial charge in [-0.05, 0) is 0 Å². The van der Waals surface area contributed by atoms with Crippen LogP contribution in [-0.2, 0) is 0 Å². The second kappa shape index (κ2) is 7.43. The highest BCUT2D eigenvalue weighted by Gasteiger charge is 1.92.